The van der Waals surface area contributed by atoms with Crippen LogP contribution in [0.2, 0.25) is 0 Å². The Labute approximate surface area is 107 Å². The summed E-state index contributed by atoms with van der Waals surface area (Å²) < 4.78 is 9.94. The largest absolute Gasteiger partial charge is 0.497 e. The van der Waals surface area contributed by atoms with E-state index in [2.05, 4.69) is 0 Å². The minimum absolute atomic E-state index is 0.132. The van der Waals surface area contributed by atoms with E-state index in [0.717, 1.165) is 11.3 Å². The van der Waals surface area contributed by atoms with Crippen molar-refractivity contribution in [2.75, 3.05) is 27.9 Å². The van der Waals surface area contributed by atoms with Gasteiger partial charge in [-0.1, -0.05) is 12.1 Å². The molecule has 1 atom stereocenters. The SMILES string of the molecule is COCC(N)C(=O)N(C)Cc1ccc(OC)cc1. The number of hydrogen-bond acceptors (Lipinski definition) is 4. The first-order chi connectivity index (χ1) is 8.58. The molecular weight excluding hydrogens is 232 g/mol. The molecule has 1 aromatic rings. The van der Waals surface area contributed by atoms with Gasteiger partial charge in [0.05, 0.1) is 13.7 Å². The third-order valence-electron chi connectivity index (χ3n) is 2.62. The molecule has 1 unspecified atom stereocenters. The summed E-state index contributed by atoms with van der Waals surface area (Å²) in [4.78, 5) is 13.4. The van der Waals surface area contributed by atoms with Gasteiger partial charge in [-0.2, -0.15) is 0 Å². The van der Waals surface area contributed by atoms with Crippen LogP contribution in [0.5, 0.6) is 5.75 Å². The van der Waals surface area contributed by atoms with Gasteiger partial charge in [-0.05, 0) is 17.7 Å². The summed E-state index contributed by atoms with van der Waals surface area (Å²) in [6.45, 7) is 0.742. The van der Waals surface area contributed by atoms with Crippen molar-refractivity contribution in [3.05, 3.63) is 29.8 Å². The Balaban J connectivity index is 2.57. The Morgan fingerprint density at radius 3 is 2.44 bits per heavy atom. The van der Waals surface area contributed by atoms with Crippen molar-refractivity contribution < 1.29 is 14.3 Å². The first-order valence-corrected chi connectivity index (χ1v) is 5.71. The number of nitrogens with two attached hydrogens (primary N) is 1. The van der Waals surface area contributed by atoms with Crippen molar-refractivity contribution in [1.29, 1.82) is 0 Å². The standard InChI is InChI=1S/C13H20N2O3/c1-15(13(16)12(14)9-17-2)8-10-4-6-11(18-3)7-5-10/h4-7,12H,8-9,14H2,1-3H3. The predicted molar refractivity (Wildman–Crippen MR) is 69.3 cm³/mol. The quantitative estimate of drug-likeness (QED) is 0.806. The van der Waals surface area contributed by atoms with E-state index in [1.165, 1.54) is 7.11 Å². The molecule has 0 heterocycles. The van der Waals surface area contributed by atoms with E-state index in [1.54, 1.807) is 19.1 Å². The molecule has 0 aliphatic carbocycles. The molecule has 1 rings (SSSR count). The molecular formula is C13H20N2O3. The number of rotatable bonds is 6. The molecule has 1 aromatic carbocycles. The molecule has 0 fully saturated rings. The lowest BCUT2D eigenvalue weighted by molar-refractivity contribution is -0.132. The molecule has 1 amide bonds. The summed E-state index contributed by atoms with van der Waals surface area (Å²) in [5, 5.41) is 0. The number of amides is 1. The zero-order valence-electron chi connectivity index (χ0n) is 11.1. The third-order valence-corrected chi connectivity index (χ3v) is 2.62. The molecule has 0 saturated heterocycles. The van der Waals surface area contributed by atoms with Crippen LogP contribution in [0.4, 0.5) is 0 Å². The van der Waals surface area contributed by atoms with Crippen LogP contribution in [-0.2, 0) is 16.1 Å². The van der Waals surface area contributed by atoms with Crippen LogP contribution < -0.4 is 10.5 Å². The van der Waals surface area contributed by atoms with Crippen LogP contribution in [0.15, 0.2) is 24.3 Å². The van der Waals surface area contributed by atoms with E-state index in [9.17, 15) is 4.79 Å². The molecule has 0 aliphatic rings. The first kappa shape index (κ1) is 14.5. The van der Waals surface area contributed by atoms with Gasteiger partial charge >= 0.3 is 0 Å². The minimum atomic E-state index is -0.613. The Hall–Kier alpha value is -1.59. The molecule has 0 radical (unpaired) electrons. The zero-order chi connectivity index (χ0) is 13.5. The van der Waals surface area contributed by atoms with Gasteiger partial charge in [0, 0.05) is 20.7 Å². The molecule has 5 nitrogen and oxygen atoms in total. The predicted octanol–water partition coefficient (Wildman–Crippen LogP) is 0.627. The zero-order valence-corrected chi connectivity index (χ0v) is 11.1. The lowest BCUT2D eigenvalue weighted by Crippen LogP contribution is -2.44. The highest BCUT2D eigenvalue weighted by molar-refractivity contribution is 5.81. The van der Waals surface area contributed by atoms with E-state index >= 15 is 0 Å². The van der Waals surface area contributed by atoms with Gasteiger partial charge in [-0.15, -0.1) is 0 Å². The van der Waals surface area contributed by atoms with Gasteiger partial charge < -0.3 is 20.1 Å². The fourth-order valence-corrected chi connectivity index (χ4v) is 1.62. The summed E-state index contributed by atoms with van der Waals surface area (Å²) in [6, 6.07) is 6.96. The number of likely N-dealkylation sites (N-methyl/N-ethyl adjacent to an activating group) is 1. The highest BCUT2D eigenvalue weighted by Gasteiger charge is 2.17. The number of carbonyl (C=O) groups excluding carboxylic acids is 1. The average Bonchev–Trinajstić information content (AvgIpc) is 2.39. The van der Waals surface area contributed by atoms with E-state index in [1.807, 2.05) is 24.3 Å². The van der Waals surface area contributed by atoms with Crippen LogP contribution in [0.1, 0.15) is 5.56 Å². The first-order valence-electron chi connectivity index (χ1n) is 5.71. The van der Waals surface area contributed by atoms with Crippen LogP contribution in [0.3, 0.4) is 0 Å². The summed E-state index contributed by atoms with van der Waals surface area (Å²) >= 11 is 0. The highest BCUT2D eigenvalue weighted by Crippen LogP contribution is 2.12. The second kappa shape index (κ2) is 6.98. The second-order valence-corrected chi connectivity index (χ2v) is 4.10. The van der Waals surface area contributed by atoms with Gasteiger partial charge in [0.25, 0.3) is 0 Å². The molecule has 18 heavy (non-hydrogen) atoms. The van der Waals surface area contributed by atoms with E-state index in [-0.39, 0.29) is 12.5 Å². The normalized spacial score (nSPS) is 12.0. The summed E-state index contributed by atoms with van der Waals surface area (Å²) in [5.41, 5.74) is 6.72. The third kappa shape index (κ3) is 4.01. The van der Waals surface area contributed by atoms with Crippen molar-refractivity contribution >= 4 is 5.91 Å². The Morgan fingerprint density at radius 2 is 1.94 bits per heavy atom. The van der Waals surface area contributed by atoms with Crippen LogP contribution in [0.25, 0.3) is 0 Å². The number of ether oxygens (including phenoxy) is 2. The van der Waals surface area contributed by atoms with Gasteiger partial charge in [-0.3, -0.25) is 4.79 Å². The van der Waals surface area contributed by atoms with E-state index < -0.39 is 6.04 Å². The maximum absolute atomic E-state index is 11.9. The highest BCUT2D eigenvalue weighted by atomic mass is 16.5. The van der Waals surface area contributed by atoms with Gasteiger partial charge in [0.15, 0.2) is 0 Å². The van der Waals surface area contributed by atoms with Crippen molar-refractivity contribution in [2.45, 2.75) is 12.6 Å². The average molecular weight is 252 g/mol. The number of benzene rings is 1. The van der Waals surface area contributed by atoms with Crippen molar-refractivity contribution in [3.8, 4) is 5.75 Å². The van der Waals surface area contributed by atoms with E-state index in [4.69, 9.17) is 15.2 Å². The fourth-order valence-electron chi connectivity index (χ4n) is 1.62. The maximum Gasteiger partial charge on any atom is 0.241 e. The molecule has 2 N–H and O–H groups in total. The second-order valence-electron chi connectivity index (χ2n) is 4.10. The van der Waals surface area contributed by atoms with Crippen LogP contribution >= 0.6 is 0 Å². The topological polar surface area (TPSA) is 64.8 Å². The summed E-state index contributed by atoms with van der Waals surface area (Å²) in [7, 11) is 4.87. The molecule has 0 aliphatic heterocycles. The molecule has 100 valence electrons. The van der Waals surface area contributed by atoms with Crippen molar-refractivity contribution in [3.63, 3.8) is 0 Å². The molecule has 0 saturated carbocycles. The molecule has 0 bridgehead atoms. The fraction of sp³-hybridized carbons (Fsp3) is 0.462. The number of methoxy groups -OCH3 is 2. The number of nitrogens with zero attached hydrogens (tertiary/aromatic N) is 1. The summed E-state index contributed by atoms with van der Waals surface area (Å²) in [6.07, 6.45) is 0. The lowest BCUT2D eigenvalue weighted by atomic mass is 10.2. The summed E-state index contributed by atoms with van der Waals surface area (Å²) in [5.74, 6) is 0.663. The number of hydrogen-bond donors (Lipinski definition) is 1. The Bertz CT molecular complexity index is 378. The molecule has 0 aromatic heterocycles. The Morgan fingerprint density at radius 1 is 1.33 bits per heavy atom. The van der Waals surface area contributed by atoms with Crippen molar-refractivity contribution in [2.24, 2.45) is 5.73 Å². The minimum Gasteiger partial charge on any atom is -0.497 e. The number of carbonyl (C=O) groups is 1. The molecule has 5 heteroatoms. The molecule has 0 spiro atoms. The van der Waals surface area contributed by atoms with Crippen molar-refractivity contribution in [1.82, 2.24) is 4.90 Å². The van der Waals surface area contributed by atoms with Gasteiger partial charge in [-0.25, -0.2) is 0 Å². The van der Waals surface area contributed by atoms with Gasteiger partial charge in [0.1, 0.15) is 11.8 Å². The van der Waals surface area contributed by atoms with Crippen LogP contribution in [0, 0.1) is 0 Å². The van der Waals surface area contributed by atoms with Crippen LogP contribution in [-0.4, -0.2) is 44.7 Å². The maximum atomic E-state index is 11.9. The monoisotopic (exact) mass is 252 g/mol. The smallest absolute Gasteiger partial charge is 0.241 e. The Kier molecular flexibility index (Phi) is 5.61. The lowest BCUT2D eigenvalue weighted by Gasteiger charge is -2.21. The van der Waals surface area contributed by atoms with Gasteiger partial charge in [0.2, 0.25) is 5.91 Å². The van der Waals surface area contributed by atoms with E-state index in [0.29, 0.717) is 6.54 Å².